The molecule has 0 aromatic heterocycles. The van der Waals surface area contributed by atoms with Crippen molar-refractivity contribution in [3.8, 4) is 0 Å². The quantitative estimate of drug-likeness (QED) is 0.686. The molecule has 2 heteroatoms. The Hall–Kier alpha value is -0.0800. The van der Waals surface area contributed by atoms with Crippen LogP contribution in [-0.4, -0.2) is 25.3 Å². The Morgan fingerprint density at radius 3 is 2.38 bits per heavy atom. The molecule has 1 saturated carbocycles. The van der Waals surface area contributed by atoms with Crippen LogP contribution in [0.15, 0.2) is 0 Å². The van der Waals surface area contributed by atoms with Crippen molar-refractivity contribution in [2.45, 2.75) is 70.9 Å². The predicted molar refractivity (Wildman–Crippen MR) is 69.7 cm³/mol. The maximum absolute atomic E-state index is 5.80. The van der Waals surface area contributed by atoms with Crippen LogP contribution in [0.3, 0.4) is 0 Å². The third-order valence-electron chi connectivity index (χ3n) is 4.11. The van der Waals surface area contributed by atoms with Crippen LogP contribution in [0.5, 0.6) is 0 Å². The van der Waals surface area contributed by atoms with Crippen molar-refractivity contribution in [1.82, 2.24) is 5.32 Å². The predicted octanol–water partition coefficient (Wildman–Crippen LogP) is 3.36. The van der Waals surface area contributed by atoms with Gasteiger partial charge in [0.2, 0.25) is 0 Å². The van der Waals surface area contributed by atoms with Crippen molar-refractivity contribution in [1.29, 1.82) is 0 Å². The van der Waals surface area contributed by atoms with E-state index >= 15 is 0 Å². The fourth-order valence-electron chi connectivity index (χ4n) is 2.96. The third kappa shape index (κ3) is 3.21. The fraction of sp³-hybridized carbons (Fsp3) is 1.00. The number of ether oxygens (including phenoxy) is 1. The summed E-state index contributed by atoms with van der Waals surface area (Å²) in [4.78, 5) is 0. The molecule has 0 aliphatic heterocycles. The van der Waals surface area contributed by atoms with Gasteiger partial charge in [0.05, 0.1) is 5.60 Å². The van der Waals surface area contributed by atoms with Crippen LogP contribution >= 0.6 is 0 Å². The Morgan fingerprint density at radius 2 is 2.00 bits per heavy atom. The molecular weight excluding hydrogens is 198 g/mol. The van der Waals surface area contributed by atoms with Crippen LogP contribution in [0.4, 0.5) is 0 Å². The van der Waals surface area contributed by atoms with E-state index < -0.39 is 0 Å². The van der Waals surface area contributed by atoms with E-state index in [1.165, 1.54) is 38.5 Å². The minimum atomic E-state index is 0.151. The van der Waals surface area contributed by atoms with Gasteiger partial charge in [0.1, 0.15) is 0 Å². The van der Waals surface area contributed by atoms with Gasteiger partial charge in [-0.3, -0.25) is 0 Å². The summed E-state index contributed by atoms with van der Waals surface area (Å²) < 4.78 is 5.80. The van der Waals surface area contributed by atoms with Crippen LogP contribution in [0, 0.1) is 5.92 Å². The zero-order valence-electron chi connectivity index (χ0n) is 11.5. The van der Waals surface area contributed by atoms with Gasteiger partial charge in [0.25, 0.3) is 0 Å². The highest BCUT2D eigenvalue weighted by molar-refractivity contribution is 4.99. The van der Waals surface area contributed by atoms with Crippen molar-refractivity contribution in [3.05, 3.63) is 0 Å². The number of hydrogen-bond acceptors (Lipinski definition) is 2. The van der Waals surface area contributed by atoms with Crippen molar-refractivity contribution in [2.24, 2.45) is 5.92 Å². The van der Waals surface area contributed by atoms with Gasteiger partial charge >= 0.3 is 0 Å². The average molecular weight is 227 g/mol. The molecule has 0 heterocycles. The topological polar surface area (TPSA) is 21.3 Å². The molecule has 2 nitrogen and oxygen atoms in total. The second-order valence-electron chi connectivity index (χ2n) is 5.36. The fourth-order valence-corrected chi connectivity index (χ4v) is 2.96. The SMILES string of the molecule is CCCC(C)CC(NCC)C1(OC)CCC1. The monoisotopic (exact) mass is 227 g/mol. The van der Waals surface area contributed by atoms with Gasteiger partial charge in [-0.05, 0) is 38.1 Å². The highest BCUT2D eigenvalue weighted by Crippen LogP contribution is 2.40. The number of likely N-dealkylation sites (N-methyl/N-ethyl adjacent to an activating group) is 1. The van der Waals surface area contributed by atoms with Crippen LogP contribution in [-0.2, 0) is 4.74 Å². The van der Waals surface area contributed by atoms with Gasteiger partial charge < -0.3 is 10.1 Å². The summed E-state index contributed by atoms with van der Waals surface area (Å²) in [5.74, 6) is 0.807. The lowest BCUT2D eigenvalue weighted by molar-refractivity contribution is -0.102. The Kier molecular flexibility index (Phi) is 5.77. The molecule has 2 atom stereocenters. The number of rotatable bonds is 8. The van der Waals surface area contributed by atoms with Crippen molar-refractivity contribution in [3.63, 3.8) is 0 Å². The van der Waals surface area contributed by atoms with Gasteiger partial charge in [0, 0.05) is 13.2 Å². The van der Waals surface area contributed by atoms with Crippen molar-refractivity contribution < 1.29 is 4.74 Å². The maximum atomic E-state index is 5.80. The molecule has 16 heavy (non-hydrogen) atoms. The summed E-state index contributed by atoms with van der Waals surface area (Å²) in [5.41, 5.74) is 0.151. The van der Waals surface area contributed by atoms with Gasteiger partial charge in [-0.1, -0.05) is 33.6 Å². The second-order valence-corrected chi connectivity index (χ2v) is 5.36. The highest BCUT2D eigenvalue weighted by atomic mass is 16.5. The minimum Gasteiger partial charge on any atom is -0.377 e. The Labute approximate surface area is 101 Å². The van der Waals surface area contributed by atoms with E-state index in [0.29, 0.717) is 6.04 Å². The zero-order valence-corrected chi connectivity index (χ0v) is 11.5. The lowest BCUT2D eigenvalue weighted by Gasteiger charge is -2.47. The Balaban J connectivity index is 2.52. The van der Waals surface area contributed by atoms with Gasteiger partial charge in [-0.2, -0.15) is 0 Å². The molecule has 0 saturated heterocycles. The molecule has 0 bridgehead atoms. The minimum absolute atomic E-state index is 0.151. The molecule has 0 spiro atoms. The summed E-state index contributed by atoms with van der Waals surface area (Å²) in [6.45, 7) is 7.89. The summed E-state index contributed by atoms with van der Waals surface area (Å²) in [7, 11) is 1.88. The molecule has 0 aromatic rings. The van der Waals surface area contributed by atoms with Gasteiger partial charge in [-0.25, -0.2) is 0 Å². The summed E-state index contributed by atoms with van der Waals surface area (Å²) in [6.07, 6.45) is 7.69. The van der Waals surface area contributed by atoms with Crippen LogP contribution in [0.1, 0.15) is 59.3 Å². The zero-order chi connectivity index (χ0) is 12.0. The van der Waals surface area contributed by atoms with E-state index in [1.807, 2.05) is 7.11 Å². The van der Waals surface area contributed by atoms with Crippen LogP contribution < -0.4 is 5.32 Å². The lowest BCUT2D eigenvalue weighted by atomic mass is 9.71. The Bertz CT molecular complexity index is 184. The lowest BCUT2D eigenvalue weighted by Crippen LogP contribution is -2.56. The maximum Gasteiger partial charge on any atom is 0.0831 e. The molecule has 96 valence electrons. The van der Waals surface area contributed by atoms with E-state index in [1.54, 1.807) is 0 Å². The molecule has 1 aliphatic rings. The normalized spacial score (nSPS) is 22.5. The van der Waals surface area contributed by atoms with E-state index in [-0.39, 0.29) is 5.60 Å². The number of nitrogens with one attached hydrogen (secondary N) is 1. The van der Waals surface area contributed by atoms with E-state index in [0.717, 1.165) is 12.5 Å². The van der Waals surface area contributed by atoms with E-state index in [9.17, 15) is 0 Å². The van der Waals surface area contributed by atoms with Crippen LogP contribution in [0.2, 0.25) is 0 Å². The van der Waals surface area contributed by atoms with Crippen molar-refractivity contribution >= 4 is 0 Å². The average Bonchev–Trinajstić information content (AvgIpc) is 2.17. The highest BCUT2D eigenvalue weighted by Gasteiger charge is 2.44. The first-order valence-corrected chi connectivity index (χ1v) is 6.97. The van der Waals surface area contributed by atoms with Crippen molar-refractivity contribution in [2.75, 3.05) is 13.7 Å². The van der Waals surface area contributed by atoms with E-state index in [2.05, 4.69) is 26.1 Å². The first-order chi connectivity index (χ1) is 7.68. The molecule has 0 amide bonds. The first-order valence-electron chi connectivity index (χ1n) is 6.97. The third-order valence-corrected chi connectivity index (χ3v) is 4.11. The first kappa shape index (κ1) is 14.0. The molecule has 0 aromatic carbocycles. The smallest absolute Gasteiger partial charge is 0.0831 e. The molecule has 1 rings (SSSR count). The van der Waals surface area contributed by atoms with Gasteiger partial charge in [0.15, 0.2) is 0 Å². The molecule has 1 N–H and O–H groups in total. The number of hydrogen-bond donors (Lipinski definition) is 1. The van der Waals surface area contributed by atoms with E-state index in [4.69, 9.17) is 4.74 Å². The molecule has 1 fully saturated rings. The summed E-state index contributed by atoms with van der Waals surface area (Å²) in [5, 5.41) is 3.64. The summed E-state index contributed by atoms with van der Waals surface area (Å²) in [6, 6.07) is 0.554. The standard InChI is InChI=1S/C14H29NO/c1-5-8-12(3)11-13(15-6-2)14(16-4)9-7-10-14/h12-13,15H,5-11H2,1-4H3. The molecule has 1 aliphatic carbocycles. The largest absolute Gasteiger partial charge is 0.377 e. The van der Waals surface area contributed by atoms with Crippen LogP contribution in [0.25, 0.3) is 0 Å². The van der Waals surface area contributed by atoms with Gasteiger partial charge in [-0.15, -0.1) is 0 Å². The second kappa shape index (κ2) is 6.61. The molecule has 0 radical (unpaired) electrons. The number of methoxy groups -OCH3 is 1. The summed E-state index contributed by atoms with van der Waals surface area (Å²) >= 11 is 0. The molecule has 2 unspecified atom stereocenters. The molecular formula is C14H29NO. The Morgan fingerprint density at radius 1 is 1.31 bits per heavy atom.